The predicted molar refractivity (Wildman–Crippen MR) is 64.9 cm³/mol. The maximum atomic E-state index is 3.18. The molecular formula is C12H21NS. The average Bonchev–Trinajstić information content (AvgIpc) is 2.61. The molecule has 0 saturated heterocycles. The predicted octanol–water partition coefficient (Wildman–Crippen LogP) is 3.59. The number of hydrogen-bond donors (Lipinski definition) is 1. The van der Waals surface area contributed by atoms with Crippen LogP contribution in [0.15, 0.2) is 11.4 Å². The Bertz CT molecular complexity index is 242. The van der Waals surface area contributed by atoms with E-state index in [4.69, 9.17) is 0 Å². The van der Waals surface area contributed by atoms with Crippen molar-refractivity contribution in [2.24, 2.45) is 0 Å². The van der Waals surface area contributed by atoms with E-state index in [-0.39, 0.29) is 0 Å². The molecule has 1 nitrogen and oxygen atoms in total. The highest BCUT2D eigenvalue weighted by Crippen LogP contribution is 2.17. The summed E-state index contributed by atoms with van der Waals surface area (Å²) in [4.78, 5) is 1.55. The zero-order valence-corrected chi connectivity index (χ0v) is 10.1. The van der Waals surface area contributed by atoms with E-state index in [1.54, 1.807) is 4.88 Å². The average molecular weight is 211 g/mol. The second-order valence-electron chi connectivity index (χ2n) is 3.76. The Balaban J connectivity index is 2.22. The number of unbranched alkanes of at least 4 members (excludes halogenated alkanes) is 3. The number of thiophene rings is 1. The van der Waals surface area contributed by atoms with Crippen molar-refractivity contribution in [3.05, 3.63) is 21.9 Å². The maximum absolute atomic E-state index is 3.18. The van der Waals surface area contributed by atoms with Crippen molar-refractivity contribution < 1.29 is 0 Å². The third-order valence-corrected chi connectivity index (χ3v) is 3.41. The van der Waals surface area contributed by atoms with Gasteiger partial charge < -0.3 is 5.32 Å². The molecule has 0 fully saturated rings. The van der Waals surface area contributed by atoms with Crippen LogP contribution in [0.25, 0.3) is 0 Å². The van der Waals surface area contributed by atoms with Gasteiger partial charge in [0.1, 0.15) is 0 Å². The summed E-state index contributed by atoms with van der Waals surface area (Å²) in [5.41, 5.74) is 1.43. The number of hydrogen-bond acceptors (Lipinski definition) is 2. The van der Waals surface area contributed by atoms with Crippen LogP contribution in [0.4, 0.5) is 0 Å². The van der Waals surface area contributed by atoms with Gasteiger partial charge in [0.2, 0.25) is 0 Å². The van der Waals surface area contributed by atoms with E-state index >= 15 is 0 Å². The van der Waals surface area contributed by atoms with Crippen LogP contribution >= 0.6 is 11.3 Å². The highest BCUT2D eigenvalue weighted by atomic mass is 32.1. The molecule has 0 unspecified atom stereocenters. The van der Waals surface area contributed by atoms with Gasteiger partial charge in [-0.2, -0.15) is 0 Å². The van der Waals surface area contributed by atoms with Crippen molar-refractivity contribution in [1.29, 1.82) is 0 Å². The van der Waals surface area contributed by atoms with Gasteiger partial charge in [0.05, 0.1) is 0 Å². The van der Waals surface area contributed by atoms with E-state index in [0.717, 1.165) is 6.54 Å². The molecule has 0 aliphatic carbocycles. The number of rotatable bonds is 7. The molecule has 1 aromatic rings. The summed E-state index contributed by atoms with van der Waals surface area (Å²) in [6.07, 6.45) is 6.72. The number of aryl methyl sites for hydroxylation is 1. The minimum Gasteiger partial charge on any atom is -0.316 e. The van der Waals surface area contributed by atoms with Crippen molar-refractivity contribution in [2.75, 3.05) is 7.05 Å². The summed E-state index contributed by atoms with van der Waals surface area (Å²) in [6, 6.07) is 2.34. The third kappa shape index (κ3) is 4.25. The Labute approximate surface area is 91.5 Å². The van der Waals surface area contributed by atoms with Crippen LogP contribution < -0.4 is 5.32 Å². The molecule has 0 aliphatic heterocycles. The monoisotopic (exact) mass is 211 g/mol. The fourth-order valence-corrected chi connectivity index (χ4v) is 2.52. The fourth-order valence-electron chi connectivity index (χ4n) is 1.58. The molecular weight excluding hydrogens is 190 g/mol. The summed E-state index contributed by atoms with van der Waals surface area (Å²) in [7, 11) is 2.00. The Morgan fingerprint density at radius 2 is 2.14 bits per heavy atom. The molecule has 14 heavy (non-hydrogen) atoms. The topological polar surface area (TPSA) is 12.0 Å². The normalized spacial score (nSPS) is 10.7. The van der Waals surface area contributed by atoms with Gasteiger partial charge in [0.25, 0.3) is 0 Å². The Morgan fingerprint density at radius 3 is 2.86 bits per heavy atom. The van der Waals surface area contributed by atoms with Crippen molar-refractivity contribution >= 4 is 11.3 Å². The van der Waals surface area contributed by atoms with Crippen LogP contribution in [0.3, 0.4) is 0 Å². The highest BCUT2D eigenvalue weighted by molar-refractivity contribution is 7.10. The zero-order valence-electron chi connectivity index (χ0n) is 9.31. The molecule has 0 atom stereocenters. The van der Waals surface area contributed by atoms with Crippen molar-refractivity contribution in [1.82, 2.24) is 5.32 Å². The van der Waals surface area contributed by atoms with Crippen LogP contribution in [0, 0.1) is 0 Å². The lowest BCUT2D eigenvalue weighted by Crippen LogP contribution is -2.03. The smallest absolute Gasteiger partial charge is 0.0210 e. The van der Waals surface area contributed by atoms with E-state index in [0.29, 0.717) is 0 Å². The first-order valence-corrected chi connectivity index (χ1v) is 6.45. The Hall–Kier alpha value is -0.340. The molecule has 0 spiro atoms. The van der Waals surface area contributed by atoms with Gasteiger partial charge in [-0.3, -0.25) is 0 Å². The minimum atomic E-state index is 1.01. The SMILES string of the molecule is CCCCCCc1cc(CNC)cs1. The second-order valence-corrected chi connectivity index (χ2v) is 4.76. The molecule has 0 aliphatic rings. The molecule has 2 heteroatoms. The summed E-state index contributed by atoms with van der Waals surface area (Å²) in [5.74, 6) is 0. The summed E-state index contributed by atoms with van der Waals surface area (Å²) in [6.45, 7) is 3.27. The van der Waals surface area contributed by atoms with Crippen LogP contribution in [0.2, 0.25) is 0 Å². The van der Waals surface area contributed by atoms with Gasteiger partial charge in [-0.15, -0.1) is 11.3 Å². The fraction of sp³-hybridized carbons (Fsp3) is 0.667. The summed E-state index contributed by atoms with van der Waals surface area (Å²) >= 11 is 1.91. The molecule has 1 heterocycles. The van der Waals surface area contributed by atoms with E-state index in [1.807, 2.05) is 18.4 Å². The molecule has 0 radical (unpaired) electrons. The molecule has 0 amide bonds. The van der Waals surface area contributed by atoms with E-state index in [1.165, 1.54) is 37.7 Å². The van der Waals surface area contributed by atoms with Crippen molar-refractivity contribution in [3.8, 4) is 0 Å². The van der Waals surface area contributed by atoms with Gasteiger partial charge in [0.15, 0.2) is 0 Å². The van der Waals surface area contributed by atoms with Gasteiger partial charge in [-0.25, -0.2) is 0 Å². The second kappa shape index (κ2) is 7.02. The van der Waals surface area contributed by atoms with Crippen LogP contribution in [0.1, 0.15) is 43.0 Å². The lowest BCUT2D eigenvalue weighted by Gasteiger charge is -1.96. The van der Waals surface area contributed by atoms with E-state index < -0.39 is 0 Å². The lowest BCUT2D eigenvalue weighted by molar-refractivity contribution is 0.670. The van der Waals surface area contributed by atoms with Gasteiger partial charge >= 0.3 is 0 Å². The van der Waals surface area contributed by atoms with Gasteiger partial charge in [0, 0.05) is 11.4 Å². The first-order valence-electron chi connectivity index (χ1n) is 5.57. The van der Waals surface area contributed by atoms with Crippen LogP contribution in [-0.4, -0.2) is 7.05 Å². The van der Waals surface area contributed by atoms with Crippen molar-refractivity contribution in [2.45, 2.75) is 45.6 Å². The Kier molecular flexibility index (Phi) is 5.88. The largest absolute Gasteiger partial charge is 0.316 e. The maximum Gasteiger partial charge on any atom is 0.0210 e. The molecule has 0 bridgehead atoms. The van der Waals surface area contributed by atoms with Crippen molar-refractivity contribution in [3.63, 3.8) is 0 Å². The zero-order chi connectivity index (χ0) is 10.2. The van der Waals surface area contributed by atoms with Crippen LogP contribution in [-0.2, 0) is 13.0 Å². The first kappa shape index (κ1) is 11.7. The molecule has 80 valence electrons. The number of nitrogens with one attached hydrogen (secondary N) is 1. The molecule has 1 rings (SSSR count). The van der Waals surface area contributed by atoms with E-state index in [9.17, 15) is 0 Å². The quantitative estimate of drug-likeness (QED) is 0.680. The highest BCUT2D eigenvalue weighted by Gasteiger charge is 1.98. The minimum absolute atomic E-state index is 1.01. The molecule has 0 saturated carbocycles. The third-order valence-electron chi connectivity index (χ3n) is 2.37. The standard InChI is InChI=1S/C12H21NS/c1-3-4-5-6-7-12-8-11(9-13-2)10-14-12/h8,10,13H,3-7,9H2,1-2H3. The van der Waals surface area contributed by atoms with Crippen LogP contribution in [0.5, 0.6) is 0 Å². The van der Waals surface area contributed by atoms with Gasteiger partial charge in [-0.1, -0.05) is 26.2 Å². The molecule has 1 aromatic heterocycles. The lowest BCUT2D eigenvalue weighted by atomic mass is 10.1. The van der Waals surface area contributed by atoms with Gasteiger partial charge in [-0.05, 0) is 36.9 Å². The van der Waals surface area contributed by atoms with E-state index in [2.05, 4.69) is 23.7 Å². The Morgan fingerprint density at radius 1 is 1.29 bits per heavy atom. The summed E-state index contributed by atoms with van der Waals surface area (Å²) in [5, 5.41) is 5.45. The molecule has 0 aromatic carbocycles. The first-order chi connectivity index (χ1) is 6.86. The summed E-state index contributed by atoms with van der Waals surface area (Å²) < 4.78 is 0. The molecule has 1 N–H and O–H groups in total.